The van der Waals surface area contributed by atoms with E-state index in [1.54, 1.807) is 37.6 Å². The van der Waals surface area contributed by atoms with Gasteiger partial charge in [0.15, 0.2) is 0 Å². The van der Waals surface area contributed by atoms with Crippen molar-refractivity contribution >= 4 is 17.9 Å². The number of carboxylic acids is 1. The molecule has 0 saturated carbocycles. The number of ether oxygens (including phenoxy) is 3. The molecule has 0 aliphatic rings. The fourth-order valence-corrected chi connectivity index (χ4v) is 3.15. The Morgan fingerprint density at radius 1 is 0.824 bits per heavy atom. The van der Waals surface area contributed by atoms with Crippen LogP contribution in [0.5, 0.6) is 23.0 Å². The third-order valence-corrected chi connectivity index (χ3v) is 5.00. The maximum Gasteiger partial charge on any atom is 0.335 e. The van der Waals surface area contributed by atoms with Gasteiger partial charge in [-0.1, -0.05) is 24.3 Å². The van der Waals surface area contributed by atoms with Gasteiger partial charge in [-0.15, -0.1) is 0 Å². The molecule has 0 spiro atoms. The van der Waals surface area contributed by atoms with Crippen LogP contribution in [-0.2, 0) is 6.61 Å². The Labute approximate surface area is 197 Å². The number of rotatable bonds is 9. The molecule has 1 N–H and O–H groups in total. The summed E-state index contributed by atoms with van der Waals surface area (Å²) in [6.45, 7) is 0.322. The zero-order chi connectivity index (χ0) is 23.8. The molecule has 6 heteroatoms. The molecule has 0 saturated heterocycles. The lowest BCUT2D eigenvalue weighted by Crippen LogP contribution is -2.00. The molecule has 0 radical (unpaired) electrons. The summed E-state index contributed by atoms with van der Waals surface area (Å²) in [6.07, 6.45) is 1.75. The molecular formula is C28H23NO5. The minimum absolute atomic E-state index is 0.247. The van der Waals surface area contributed by atoms with E-state index < -0.39 is 5.97 Å². The number of nitrogens with zero attached hydrogens (tertiary/aromatic N) is 1. The SMILES string of the molecule is COc1ccc(Oc2ccc(N=Cc3ccccc3OCc3ccc(C(=O)O)cc3)cc2)cc1. The topological polar surface area (TPSA) is 77.3 Å². The molecular weight excluding hydrogens is 430 g/mol. The van der Waals surface area contributed by atoms with Crippen molar-refractivity contribution in [3.63, 3.8) is 0 Å². The first-order valence-electron chi connectivity index (χ1n) is 10.6. The van der Waals surface area contributed by atoms with Gasteiger partial charge in [0.2, 0.25) is 0 Å². The smallest absolute Gasteiger partial charge is 0.335 e. The van der Waals surface area contributed by atoms with Crippen LogP contribution in [0, 0.1) is 0 Å². The Hall–Kier alpha value is -4.58. The molecule has 6 nitrogen and oxygen atoms in total. The van der Waals surface area contributed by atoms with Crippen molar-refractivity contribution in [2.24, 2.45) is 4.99 Å². The Kier molecular flexibility index (Phi) is 7.20. The number of hydrogen-bond acceptors (Lipinski definition) is 5. The highest BCUT2D eigenvalue weighted by Crippen LogP contribution is 2.26. The highest BCUT2D eigenvalue weighted by Gasteiger charge is 2.05. The molecule has 170 valence electrons. The number of carbonyl (C=O) groups is 1. The van der Waals surface area contributed by atoms with Gasteiger partial charge in [0.25, 0.3) is 0 Å². The zero-order valence-corrected chi connectivity index (χ0v) is 18.5. The van der Waals surface area contributed by atoms with E-state index in [9.17, 15) is 4.79 Å². The number of aromatic carboxylic acids is 1. The van der Waals surface area contributed by atoms with Crippen molar-refractivity contribution < 1.29 is 24.1 Å². The predicted octanol–water partition coefficient (Wildman–Crippen LogP) is 6.52. The molecule has 4 aromatic carbocycles. The van der Waals surface area contributed by atoms with Crippen molar-refractivity contribution in [3.05, 3.63) is 114 Å². The van der Waals surface area contributed by atoms with Gasteiger partial charge in [-0.05, 0) is 78.4 Å². The number of para-hydroxylation sites is 1. The number of carboxylic acid groups (broad SMARTS) is 1. The standard InChI is InChI=1S/C28H23NO5/c1-32-24-14-16-26(17-15-24)34-25-12-10-23(11-13-25)29-18-22-4-2-3-5-27(22)33-19-20-6-8-21(9-7-20)28(30)31/h2-18H,19H2,1H3,(H,30,31). The molecule has 0 fully saturated rings. The lowest BCUT2D eigenvalue weighted by molar-refractivity contribution is 0.0697. The minimum atomic E-state index is -0.950. The van der Waals surface area contributed by atoms with Gasteiger partial charge in [0.1, 0.15) is 29.6 Å². The Bertz CT molecular complexity index is 1260. The van der Waals surface area contributed by atoms with Gasteiger partial charge >= 0.3 is 5.97 Å². The number of benzene rings is 4. The summed E-state index contributed by atoms with van der Waals surface area (Å²) in [6, 6.07) is 29.1. The van der Waals surface area contributed by atoms with Gasteiger partial charge in [0, 0.05) is 11.8 Å². The normalized spacial score (nSPS) is 10.7. The van der Waals surface area contributed by atoms with E-state index in [0.29, 0.717) is 18.1 Å². The third kappa shape index (κ3) is 6.01. The molecule has 34 heavy (non-hydrogen) atoms. The highest BCUT2D eigenvalue weighted by molar-refractivity contribution is 5.87. The number of aliphatic imine (C=N–C) groups is 1. The minimum Gasteiger partial charge on any atom is -0.497 e. The van der Waals surface area contributed by atoms with Gasteiger partial charge in [-0.25, -0.2) is 4.79 Å². The number of methoxy groups -OCH3 is 1. The van der Waals surface area contributed by atoms with Crippen molar-refractivity contribution in [1.29, 1.82) is 0 Å². The van der Waals surface area contributed by atoms with Crippen molar-refractivity contribution in [2.75, 3.05) is 7.11 Å². The predicted molar refractivity (Wildman–Crippen MR) is 131 cm³/mol. The molecule has 0 heterocycles. The fraction of sp³-hybridized carbons (Fsp3) is 0.0714. The molecule has 0 unspecified atom stereocenters. The van der Waals surface area contributed by atoms with Crippen LogP contribution in [0.4, 0.5) is 5.69 Å². The summed E-state index contributed by atoms with van der Waals surface area (Å²) in [4.78, 5) is 15.5. The van der Waals surface area contributed by atoms with Crippen molar-refractivity contribution in [1.82, 2.24) is 0 Å². The average molecular weight is 453 g/mol. The third-order valence-electron chi connectivity index (χ3n) is 5.00. The summed E-state index contributed by atoms with van der Waals surface area (Å²) in [5, 5.41) is 9.02. The van der Waals surface area contributed by atoms with E-state index in [1.165, 1.54) is 0 Å². The van der Waals surface area contributed by atoms with Crippen LogP contribution in [0.2, 0.25) is 0 Å². The molecule has 0 aromatic heterocycles. The average Bonchev–Trinajstić information content (AvgIpc) is 2.88. The first kappa shape index (κ1) is 22.6. The Morgan fingerprint density at radius 2 is 1.44 bits per heavy atom. The fourth-order valence-electron chi connectivity index (χ4n) is 3.15. The summed E-state index contributed by atoms with van der Waals surface area (Å²) in [5.41, 5.74) is 2.74. The van der Waals surface area contributed by atoms with Gasteiger partial charge in [-0.2, -0.15) is 0 Å². The monoisotopic (exact) mass is 453 g/mol. The second-order valence-electron chi connectivity index (χ2n) is 7.36. The van der Waals surface area contributed by atoms with Crippen LogP contribution >= 0.6 is 0 Å². The van der Waals surface area contributed by atoms with E-state index >= 15 is 0 Å². The maximum atomic E-state index is 11.0. The van der Waals surface area contributed by atoms with E-state index in [1.807, 2.05) is 72.8 Å². The van der Waals surface area contributed by atoms with Crippen molar-refractivity contribution in [2.45, 2.75) is 6.61 Å². The molecule has 0 atom stereocenters. The van der Waals surface area contributed by atoms with Crippen LogP contribution in [0.25, 0.3) is 0 Å². The van der Waals surface area contributed by atoms with E-state index in [-0.39, 0.29) is 5.56 Å². The van der Waals surface area contributed by atoms with Crippen molar-refractivity contribution in [3.8, 4) is 23.0 Å². The van der Waals surface area contributed by atoms with Gasteiger partial charge in [-0.3, -0.25) is 4.99 Å². The lowest BCUT2D eigenvalue weighted by Gasteiger charge is -2.09. The molecule has 0 aliphatic carbocycles. The largest absolute Gasteiger partial charge is 0.497 e. The van der Waals surface area contributed by atoms with Crippen LogP contribution in [0.15, 0.2) is 102 Å². The van der Waals surface area contributed by atoms with E-state index in [4.69, 9.17) is 19.3 Å². The zero-order valence-electron chi connectivity index (χ0n) is 18.5. The highest BCUT2D eigenvalue weighted by atomic mass is 16.5. The number of hydrogen-bond donors (Lipinski definition) is 1. The Morgan fingerprint density at radius 3 is 2.09 bits per heavy atom. The summed E-state index contributed by atoms with van der Waals surface area (Å²) < 4.78 is 17.0. The van der Waals surface area contributed by atoms with Crippen LogP contribution in [-0.4, -0.2) is 24.4 Å². The van der Waals surface area contributed by atoms with Crippen LogP contribution in [0.3, 0.4) is 0 Å². The van der Waals surface area contributed by atoms with Gasteiger partial charge in [0.05, 0.1) is 18.4 Å². The first-order chi connectivity index (χ1) is 16.6. The van der Waals surface area contributed by atoms with E-state index in [2.05, 4.69) is 4.99 Å². The second kappa shape index (κ2) is 10.8. The summed E-state index contributed by atoms with van der Waals surface area (Å²) in [7, 11) is 1.63. The maximum absolute atomic E-state index is 11.0. The molecule has 0 aliphatic heterocycles. The summed E-state index contributed by atoms with van der Waals surface area (Å²) >= 11 is 0. The summed E-state index contributed by atoms with van der Waals surface area (Å²) in [5.74, 6) is 1.95. The van der Waals surface area contributed by atoms with Crippen LogP contribution in [0.1, 0.15) is 21.5 Å². The van der Waals surface area contributed by atoms with Gasteiger partial charge < -0.3 is 19.3 Å². The van der Waals surface area contributed by atoms with Crippen LogP contribution < -0.4 is 14.2 Å². The second-order valence-corrected chi connectivity index (χ2v) is 7.36. The Balaban J connectivity index is 1.39. The lowest BCUT2D eigenvalue weighted by atomic mass is 10.1. The quantitative estimate of drug-likeness (QED) is 0.292. The molecule has 4 aromatic rings. The van der Waals surface area contributed by atoms with E-state index in [0.717, 1.165) is 28.3 Å². The first-order valence-corrected chi connectivity index (χ1v) is 10.6. The molecule has 4 rings (SSSR count). The molecule has 0 amide bonds. The molecule has 0 bridgehead atoms.